The van der Waals surface area contributed by atoms with Gasteiger partial charge in [-0.25, -0.2) is 4.79 Å². The number of amides is 1. The second-order valence-electron chi connectivity index (χ2n) is 7.54. The number of aryl methyl sites for hydroxylation is 1. The molecule has 0 radical (unpaired) electrons. The molecule has 162 valence electrons. The molecule has 0 unspecified atom stereocenters. The SMILES string of the molecule is COC(=O)c1ccc2c(c1)NC(=O)/C2=C(/Nc1ccc(CCCN)cc1)c1ccccc1. The molecule has 0 bridgehead atoms. The summed E-state index contributed by atoms with van der Waals surface area (Å²) >= 11 is 0. The number of esters is 1. The van der Waals surface area contributed by atoms with Gasteiger partial charge in [-0.1, -0.05) is 48.5 Å². The Bertz CT molecular complexity index is 1170. The molecular weight excluding hydrogens is 402 g/mol. The molecule has 0 aliphatic carbocycles. The van der Waals surface area contributed by atoms with E-state index in [4.69, 9.17) is 10.5 Å². The van der Waals surface area contributed by atoms with Crippen molar-refractivity contribution in [3.05, 3.63) is 95.1 Å². The van der Waals surface area contributed by atoms with Crippen LogP contribution in [0.5, 0.6) is 0 Å². The fourth-order valence-electron chi connectivity index (χ4n) is 3.75. The number of ether oxygens (including phenoxy) is 1. The molecule has 4 N–H and O–H groups in total. The summed E-state index contributed by atoms with van der Waals surface area (Å²) in [6, 6.07) is 22.9. The summed E-state index contributed by atoms with van der Waals surface area (Å²) in [5.74, 6) is -0.677. The summed E-state index contributed by atoms with van der Waals surface area (Å²) in [6.07, 6.45) is 1.87. The lowest BCUT2D eigenvalue weighted by Crippen LogP contribution is -2.10. The van der Waals surface area contributed by atoms with Crippen molar-refractivity contribution in [3.8, 4) is 0 Å². The first-order valence-electron chi connectivity index (χ1n) is 10.5. The van der Waals surface area contributed by atoms with Gasteiger partial charge < -0.3 is 21.1 Å². The van der Waals surface area contributed by atoms with E-state index in [9.17, 15) is 9.59 Å². The molecule has 0 fully saturated rings. The van der Waals surface area contributed by atoms with Gasteiger partial charge in [-0.05, 0) is 54.8 Å². The van der Waals surface area contributed by atoms with Crippen LogP contribution in [0.4, 0.5) is 11.4 Å². The van der Waals surface area contributed by atoms with E-state index in [0.717, 1.165) is 29.7 Å². The molecule has 3 aromatic rings. The summed E-state index contributed by atoms with van der Waals surface area (Å²) in [5, 5.41) is 6.32. The number of carbonyl (C=O) groups is 2. The average molecular weight is 428 g/mol. The van der Waals surface area contributed by atoms with Gasteiger partial charge in [0.05, 0.1) is 29.6 Å². The maximum atomic E-state index is 13.0. The highest BCUT2D eigenvalue weighted by Gasteiger charge is 2.29. The third kappa shape index (κ3) is 4.40. The van der Waals surface area contributed by atoms with Crippen molar-refractivity contribution in [2.24, 2.45) is 5.73 Å². The van der Waals surface area contributed by atoms with Crippen molar-refractivity contribution in [2.75, 3.05) is 24.3 Å². The highest BCUT2D eigenvalue weighted by molar-refractivity contribution is 6.37. The minimum absolute atomic E-state index is 0.229. The number of hydrogen-bond donors (Lipinski definition) is 3. The molecule has 0 spiro atoms. The monoisotopic (exact) mass is 427 g/mol. The number of fused-ring (bicyclic) bond motifs is 1. The predicted octanol–water partition coefficient (Wildman–Crippen LogP) is 4.30. The molecule has 4 rings (SSSR count). The summed E-state index contributed by atoms with van der Waals surface area (Å²) in [4.78, 5) is 24.9. The van der Waals surface area contributed by atoms with Gasteiger partial charge in [0.2, 0.25) is 0 Å². The zero-order chi connectivity index (χ0) is 22.5. The highest BCUT2D eigenvalue weighted by Crippen LogP contribution is 2.38. The van der Waals surface area contributed by atoms with E-state index in [-0.39, 0.29) is 5.91 Å². The van der Waals surface area contributed by atoms with Gasteiger partial charge in [-0.3, -0.25) is 4.79 Å². The van der Waals surface area contributed by atoms with E-state index in [1.807, 2.05) is 42.5 Å². The maximum Gasteiger partial charge on any atom is 0.337 e. The Balaban J connectivity index is 1.76. The first-order valence-corrected chi connectivity index (χ1v) is 10.5. The Morgan fingerprint density at radius 1 is 1.00 bits per heavy atom. The number of nitrogens with two attached hydrogens (primary N) is 1. The van der Waals surface area contributed by atoms with Crippen LogP contribution in [0, 0.1) is 0 Å². The van der Waals surface area contributed by atoms with Gasteiger partial charge in [0.15, 0.2) is 0 Å². The van der Waals surface area contributed by atoms with E-state index in [0.29, 0.717) is 29.1 Å². The van der Waals surface area contributed by atoms with Gasteiger partial charge >= 0.3 is 5.97 Å². The zero-order valence-electron chi connectivity index (χ0n) is 17.9. The average Bonchev–Trinajstić information content (AvgIpc) is 3.16. The van der Waals surface area contributed by atoms with Crippen molar-refractivity contribution in [2.45, 2.75) is 12.8 Å². The fourth-order valence-corrected chi connectivity index (χ4v) is 3.75. The smallest absolute Gasteiger partial charge is 0.337 e. The number of nitrogens with one attached hydrogen (secondary N) is 2. The predicted molar refractivity (Wildman–Crippen MR) is 127 cm³/mol. The van der Waals surface area contributed by atoms with Crippen LogP contribution >= 0.6 is 0 Å². The number of benzene rings is 3. The van der Waals surface area contributed by atoms with E-state index >= 15 is 0 Å². The lowest BCUT2D eigenvalue weighted by atomic mass is 9.99. The normalized spacial score (nSPS) is 13.9. The number of anilines is 2. The van der Waals surface area contributed by atoms with Gasteiger partial charge in [0.25, 0.3) is 5.91 Å². The minimum atomic E-state index is -0.449. The highest BCUT2D eigenvalue weighted by atomic mass is 16.5. The molecule has 0 saturated heterocycles. The van der Waals surface area contributed by atoms with Gasteiger partial charge in [-0.2, -0.15) is 0 Å². The van der Waals surface area contributed by atoms with Crippen molar-refractivity contribution in [1.82, 2.24) is 0 Å². The van der Waals surface area contributed by atoms with Crippen LogP contribution < -0.4 is 16.4 Å². The lowest BCUT2D eigenvalue weighted by Gasteiger charge is -2.15. The second-order valence-corrected chi connectivity index (χ2v) is 7.54. The molecular formula is C26H25N3O3. The van der Waals surface area contributed by atoms with Crippen LogP contribution in [-0.2, 0) is 16.0 Å². The van der Waals surface area contributed by atoms with E-state index in [2.05, 4.69) is 22.8 Å². The Labute approximate surface area is 187 Å². The van der Waals surface area contributed by atoms with Crippen molar-refractivity contribution in [1.29, 1.82) is 0 Å². The van der Waals surface area contributed by atoms with E-state index < -0.39 is 5.97 Å². The molecule has 1 amide bonds. The van der Waals surface area contributed by atoms with Crippen LogP contribution in [0.15, 0.2) is 72.8 Å². The molecule has 0 atom stereocenters. The van der Waals surface area contributed by atoms with Crippen LogP contribution in [0.2, 0.25) is 0 Å². The largest absolute Gasteiger partial charge is 0.465 e. The lowest BCUT2D eigenvalue weighted by molar-refractivity contribution is -0.110. The first-order chi connectivity index (χ1) is 15.6. The van der Waals surface area contributed by atoms with Crippen LogP contribution in [-0.4, -0.2) is 25.5 Å². The molecule has 0 saturated carbocycles. The number of rotatable bonds is 7. The van der Waals surface area contributed by atoms with E-state index in [1.165, 1.54) is 12.7 Å². The minimum Gasteiger partial charge on any atom is -0.465 e. The quantitative estimate of drug-likeness (QED) is 0.386. The number of methoxy groups -OCH3 is 1. The van der Waals surface area contributed by atoms with Crippen LogP contribution in [0.25, 0.3) is 11.3 Å². The maximum absolute atomic E-state index is 13.0. The standard InChI is InChI=1S/C26H25N3O3/c1-32-26(31)19-11-14-21-22(16-19)29-25(30)23(21)24(18-7-3-2-4-8-18)28-20-12-9-17(10-13-20)6-5-15-27/h2-4,7-14,16,28H,5-6,15,27H2,1H3,(H,29,30)/b24-23+. The van der Waals surface area contributed by atoms with Crippen molar-refractivity contribution < 1.29 is 14.3 Å². The summed E-state index contributed by atoms with van der Waals surface area (Å²) in [6.45, 7) is 0.663. The molecule has 1 aliphatic rings. The Hall–Kier alpha value is -3.90. The first kappa shape index (κ1) is 21.3. The molecule has 1 heterocycles. The second kappa shape index (κ2) is 9.49. The molecule has 1 aliphatic heterocycles. The van der Waals surface area contributed by atoms with Gasteiger partial charge in [-0.15, -0.1) is 0 Å². The Morgan fingerprint density at radius 2 is 1.75 bits per heavy atom. The van der Waals surface area contributed by atoms with Gasteiger partial charge in [0, 0.05) is 11.3 Å². The van der Waals surface area contributed by atoms with E-state index in [1.54, 1.807) is 18.2 Å². The molecule has 32 heavy (non-hydrogen) atoms. The number of hydrogen-bond acceptors (Lipinski definition) is 5. The third-order valence-electron chi connectivity index (χ3n) is 5.39. The number of carbonyl (C=O) groups excluding carboxylic acids is 2. The zero-order valence-corrected chi connectivity index (χ0v) is 17.9. The van der Waals surface area contributed by atoms with Crippen LogP contribution in [0.1, 0.15) is 33.5 Å². The van der Waals surface area contributed by atoms with Gasteiger partial charge in [0.1, 0.15) is 0 Å². The Kier molecular flexibility index (Phi) is 6.33. The Morgan fingerprint density at radius 3 is 2.44 bits per heavy atom. The fraction of sp³-hybridized carbons (Fsp3) is 0.154. The molecule has 6 heteroatoms. The summed E-state index contributed by atoms with van der Waals surface area (Å²) < 4.78 is 4.80. The molecule has 3 aromatic carbocycles. The molecule has 6 nitrogen and oxygen atoms in total. The topological polar surface area (TPSA) is 93.4 Å². The molecule has 0 aromatic heterocycles. The summed E-state index contributed by atoms with van der Waals surface area (Å²) in [7, 11) is 1.33. The summed E-state index contributed by atoms with van der Waals surface area (Å²) in [5.41, 5.74) is 11.5. The van der Waals surface area contributed by atoms with Crippen LogP contribution in [0.3, 0.4) is 0 Å². The third-order valence-corrected chi connectivity index (χ3v) is 5.39. The van der Waals surface area contributed by atoms with Crippen molar-refractivity contribution >= 4 is 34.5 Å². The van der Waals surface area contributed by atoms with Crippen molar-refractivity contribution in [3.63, 3.8) is 0 Å².